The smallest absolute Gasteiger partial charge is 0.431 e. The summed E-state index contributed by atoms with van der Waals surface area (Å²) in [6.45, 7) is 0.151. The molecule has 0 fully saturated rings. The molecule has 20 heavy (non-hydrogen) atoms. The normalized spacial score (nSPS) is 10.3. The monoisotopic (exact) mass is 278 g/mol. The Labute approximate surface area is 115 Å². The van der Waals surface area contributed by atoms with E-state index in [0.29, 0.717) is 17.0 Å². The van der Waals surface area contributed by atoms with E-state index in [-0.39, 0.29) is 12.5 Å². The third-order valence-electron chi connectivity index (χ3n) is 2.97. The van der Waals surface area contributed by atoms with Crippen LogP contribution in [-0.2, 0) is 13.6 Å². The molecule has 0 bridgehead atoms. The number of aromatic amines is 1. The molecule has 0 aliphatic heterocycles. The maximum atomic E-state index is 12.3. The summed E-state index contributed by atoms with van der Waals surface area (Å²) in [6.07, 6.45) is 0. The number of aryl methyl sites for hydroxylation is 1. The van der Waals surface area contributed by atoms with E-state index in [2.05, 4.69) is 9.79 Å². The van der Waals surface area contributed by atoms with E-state index in [9.17, 15) is 9.59 Å². The standard InChI is InChI=1S/C13H15N3O4/c1-15(8-11-13(18)20-14-16(11)2)12(17)9-5-4-6-10(7-9)19-3/h4-7H,8H2,1-3H3/p+1. The van der Waals surface area contributed by atoms with Crippen molar-refractivity contribution in [2.24, 2.45) is 7.05 Å². The highest BCUT2D eigenvalue weighted by Gasteiger charge is 2.22. The third kappa shape index (κ3) is 2.71. The lowest BCUT2D eigenvalue weighted by Gasteiger charge is -2.14. The van der Waals surface area contributed by atoms with Crippen LogP contribution >= 0.6 is 0 Å². The second-order valence-electron chi connectivity index (χ2n) is 4.38. The van der Waals surface area contributed by atoms with Gasteiger partial charge < -0.3 is 9.64 Å². The third-order valence-corrected chi connectivity index (χ3v) is 2.97. The maximum Gasteiger partial charge on any atom is 0.431 e. The zero-order chi connectivity index (χ0) is 14.7. The molecule has 7 heteroatoms. The second kappa shape index (κ2) is 5.60. The molecule has 1 aromatic carbocycles. The summed E-state index contributed by atoms with van der Waals surface area (Å²) in [6, 6.07) is 6.85. The molecule has 7 nitrogen and oxygen atoms in total. The van der Waals surface area contributed by atoms with Crippen molar-refractivity contribution in [3.63, 3.8) is 0 Å². The number of ether oxygens (including phenoxy) is 1. The highest BCUT2D eigenvalue weighted by Crippen LogP contribution is 2.14. The van der Waals surface area contributed by atoms with Crippen LogP contribution in [0.2, 0.25) is 0 Å². The number of amides is 1. The fourth-order valence-electron chi connectivity index (χ4n) is 1.80. The number of nitrogens with zero attached hydrogens (tertiary/aromatic N) is 2. The van der Waals surface area contributed by atoms with Gasteiger partial charge in [0.15, 0.2) is 7.05 Å². The average Bonchev–Trinajstić information content (AvgIpc) is 2.78. The minimum Gasteiger partial charge on any atom is -0.497 e. The molecule has 106 valence electrons. The Bertz CT molecular complexity index is 674. The maximum absolute atomic E-state index is 12.3. The molecule has 0 saturated heterocycles. The van der Waals surface area contributed by atoms with Crippen LogP contribution in [0.1, 0.15) is 16.1 Å². The van der Waals surface area contributed by atoms with Gasteiger partial charge in [-0.05, 0) is 23.5 Å². The lowest BCUT2D eigenvalue weighted by molar-refractivity contribution is -0.746. The van der Waals surface area contributed by atoms with Gasteiger partial charge in [0.05, 0.1) is 7.11 Å². The number of hydrogen-bond donors (Lipinski definition) is 1. The molecule has 1 aromatic heterocycles. The lowest BCUT2D eigenvalue weighted by Crippen LogP contribution is -2.40. The molecule has 0 saturated carbocycles. The van der Waals surface area contributed by atoms with Gasteiger partial charge in [0.1, 0.15) is 12.3 Å². The van der Waals surface area contributed by atoms with Crippen LogP contribution in [-0.4, -0.2) is 30.2 Å². The van der Waals surface area contributed by atoms with Crippen molar-refractivity contribution >= 4 is 5.91 Å². The number of H-pyrrole nitrogens is 1. The van der Waals surface area contributed by atoms with Crippen LogP contribution in [0.15, 0.2) is 33.6 Å². The van der Waals surface area contributed by atoms with Crippen molar-refractivity contribution in [3.05, 3.63) is 45.9 Å². The summed E-state index contributed by atoms with van der Waals surface area (Å²) in [5, 5.41) is 2.41. The Morgan fingerprint density at radius 2 is 2.25 bits per heavy atom. The Kier molecular flexibility index (Phi) is 3.88. The molecule has 0 aliphatic rings. The van der Waals surface area contributed by atoms with Gasteiger partial charge in [-0.25, -0.2) is 4.79 Å². The molecule has 0 spiro atoms. The van der Waals surface area contributed by atoms with Crippen LogP contribution < -0.4 is 15.0 Å². The predicted molar refractivity (Wildman–Crippen MR) is 69.3 cm³/mol. The SMILES string of the molecule is COc1cccc(C(=O)N(C)Cc2c(=O)o[nH][n+]2C)c1. The van der Waals surface area contributed by atoms with Gasteiger partial charge >= 0.3 is 11.3 Å². The van der Waals surface area contributed by atoms with Gasteiger partial charge in [-0.3, -0.25) is 9.32 Å². The summed E-state index contributed by atoms with van der Waals surface area (Å²) in [5.41, 5.74) is 0.371. The van der Waals surface area contributed by atoms with Gasteiger partial charge in [0.25, 0.3) is 5.91 Å². The summed E-state index contributed by atoms with van der Waals surface area (Å²) < 4.78 is 11.2. The average molecular weight is 278 g/mol. The second-order valence-corrected chi connectivity index (χ2v) is 4.38. The number of methoxy groups -OCH3 is 1. The molecule has 0 radical (unpaired) electrons. The molecule has 2 aromatic rings. The minimum atomic E-state index is -0.488. The summed E-state index contributed by atoms with van der Waals surface area (Å²) >= 11 is 0. The highest BCUT2D eigenvalue weighted by atomic mass is 16.5. The van der Waals surface area contributed by atoms with Gasteiger partial charge in [-0.15, -0.1) is 0 Å². The minimum absolute atomic E-state index is 0.151. The zero-order valence-electron chi connectivity index (χ0n) is 11.5. The molecule has 0 aliphatic carbocycles. The van der Waals surface area contributed by atoms with Crippen molar-refractivity contribution in [3.8, 4) is 5.75 Å². The van der Waals surface area contributed by atoms with E-state index in [1.807, 2.05) is 0 Å². The Morgan fingerprint density at radius 1 is 1.50 bits per heavy atom. The number of nitrogens with one attached hydrogen (secondary N) is 1. The molecule has 1 amide bonds. The summed E-state index contributed by atoms with van der Waals surface area (Å²) in [7, 11) is 4.80. The van der Waals surface area contributed by atoms with E-state index < -0.39 is 5.63 Å². The molecule has 1 heterocycles. The molecule has 1 N–H and O–H groups in total. The number of carbonyl (C=O) groups excluding carboxylic acids is 1. The van der Waals surface area contributed by atoms with Crippen LogP contribution in [0.5, 0.6) is 5.75 Å². The molecule has 0 unspecified atom stereocenters. The number of aromatic nitrogens is 2. The van der Waals surface area contributed by atoms with Crippen LogP contribution in [0.3, 0.4) is 0 Å². The van der Waals surface area contributed by atoms with Crippen LogP contribution in [0.25, 0.3) is 0 Å². The Balaban J connectivity index is 2.18. The largest absolute Gasteiger partial charge is 0.497 e. The van der Waals surface area contributed by atoms with Gasteiger partial charge in [0, 0.05) is 12.6 Å². The number of carbonyl (C=O) groups is 1. The zero-order valence-corrected chi connectivity index (χ0v) is 11.5. The van der Waals surface area contributed by atoms with Crippen molar-refractivity contribution < 1.29 is 18.7 Å². The highest BCUT2D eigenvalue weighted by molar-refractivity contribution is 5.94. The fourth-order valence-corrected chi connectivity index (χ4v) is 1.80. The number of rotatable bonds is 4. The van der Waals surface area contributed by atoms with E-state index in [0.717, 1.165) is 0 Å². The van der Waals surface area contributed by atoms with Crippen LogP contribution in [0.4, 0.5) is 0 Å². The van der Waals surface area contributed by atoms with E-state index in [1.165, 1.54) is 16.7 Å². The quantitative estimate of drug-likeness (QED) is 0.803. The Hall–Kier alpha value is -2.57. The van der Waals surface area contributed by atoms with E-state index in [4.69, 9.17) is 4.74 Å². The van der Waals surface area contributed by atoms with E-state index >= 15 is 0 Å². The van der Waals surface area contributed by atoms with Crippen molar-refractivity contribution in [2.45, 2.75) is 6.54 Å². The summed E-state index contributed by atoms with van der Waals surface area (Å²) in [4.78, 5) is 25.2. The number of benzene rings is 1. The first kappa shape index (κ1) is 13.9. The first-order valence-corrected chi connectivity index (χ1v) is 5.99. The fraction of sp³-hybridized carbons (Fsp3) is 0.308. The summed E-state index contributed by atoms with van der Waals surface area (Å²) in [5.74, 6) is 0.403. The first-order chi connectivity index (χ1) is 9.52. The van der Waals surface area contributed by atoms with Crippen LogP contribution in [0, 0.1) is 0 Å². The van der Waals surface area contributed by atoms with Gasteiger partial charge in [0.2, 0.25) is 0 Å². The van der Waals surface area contributed by atoms with E-state index in [1.54, 1.807) is 38.4 Å². The predicted octanol–water partition coefficient (Wildman–Crippen LogP) is 0.0732. The molecular weight excluding hydrogens is 262 g/mol. The van der Waals surface area contributed by atoms with Crippen molar-refractivity contribution in [2.75, 3.05) is 14.2 Å². The lowest BCUT2D eigenvalue weighted by atomic mass is 10.2. The Morgan fingerprint density at radius 3 is 2.85 bits per heavy atom. The molecule has 0 atom stereocenters. The topological polar surface area (TPSA) is 79.4 Å². The van der Waals surface area contributed by atoms with Gasteiger partial charge in [-0.1, -0.05) is 10.7 Å². The number of hydrogen-bond acceptors (Lipinski definition) is 4. The van der Waals surface area contributed by atoms with Crippen molar-refractivity contribution in [1.29, 1.82) is 0 Å². The van der Waals surface area contributed by atoms with Gasteiger partial charge in [-0.2, -0.15) is 0 Å². The van der Waals surface area contributed by atoms with Crippen molar-refractivity contribution in [1.82, 2.24) is 10.2 Å². The first-order valence-electron chi connectivity index (χ1n) is 5.99. The molecule has 2 rings (SSSR count). The molecular formula is C13H16N3O4+.